The Hall–Kier alpha value is -1.85. The fraction of sp³-hybridized carbons (Fsp3) is 0.167. The van der Waals surface area contributed by atoms with E-state index >= 15 is 0 Å². The van der Waals surface area contributed by atoms with Gasteiger partial charge in [-0.2, -0.15) is 0 Å². The van der Waals surface area contributed by atoms with Crippen molar-refractivity contribution in [3.63, 3.8) is 0 Å². The van der Waals surface area contributed by atoms with Gasteiger partial charge in [-0.1, -0.05) is 0 Å². The molecule has 1 heterocycles. The Morgan fingerprint density at radius 3 is 2.25 bits per heavy atom. The van der Waals surface area contributed by atoms with Crippen LogP contribution in [0.3, 0.4) is 0 Å². The third kappa shape index (κ3) is 1.14. The second-order valence-corrected chi connectivity index (χ2v) is 2.14. The second-order valence-electron chi connectivity index (χ2n) is 2.14. The highest BCUT2D eigenvalue weighted by molar-refractivity contribution is 5.89. The third-order valence-electron chi connectivity index (χ3n) is 1.40. The lowest BCUT2D eigenvalue weighted by atomic mass is 10.5. The Labute approximate surface area is 67.1 Å². The molecule has 12 heavy (non-hydrogen) atoms. The fourth-order valence-electron chi connectivity index (χ4n) is 0.807. The zero-order valence-corrected chi connectivity index (χ0v) is 6.18. The molecular weight excluding hydrogens is 164 g/mol. The van der Waals surface area contributed by atoms with Gasteiger partial charge in [0.1, 0.15) is 5.69 Å². The van der Waals surface area contributed by atoms with E-state index in [0.717, 1.165) is 10.8 Å². The third-order valence-corrected chi connectivity index (χ3v) is 1.40. The van der Waals surface area contributed by atoms with Crippen LogP contribution in [0, 0.1) is 0 Å². The standard InChI is InChI=1S/C6H6N2O4/c1-8-3(5(9)10)2-7-4(8)6(11)12/h2H,1H3,(H,9,10)(H,11,12). The molecule has 0 bridgehead atoms. The van der Waals surface area contributed by atoms with Gasteiger partial charge in [0.2, 0.25) is 5.82 Å². The van der Waals surface area contributed by atoms with Crippen LogP contribution in [0.15, 0.2) is 6.20 Å². The molecule has 0 amide bonds. The number of aromatic nitrogens is 2. The first-order valence-electron chi connectivity index (χ1n) is 3.02. The van der Waals surface area contributed by atoms with Gasteiger partial charge in [-0.05, 0) is 0 Å². The molecule has 0 fully saturated rings. The maximum Gasteiger partial charge on any atom is 0.372 e. The van der Waals surface area contributed by atoms with E-state index in [4.69, 9.17) is 10.2 Å². The normalized spacial score (nSPS) is 9.75. The summed E-state index contributed by atoms with van der Waals surface area (Å²) < 4.78 is 1.00. The maximum absolute atomic E-state index is 10.4. The molecule has 6 nitrogen and oxygen atoms in total. The van der Waals surface area contributed by atoms with Crippen molar-refractivity contribution in [2.45, 2.75) is 0 Å². The number of carboxylic acid groups (broad SMARTS) is 2. The molecular formula is C6H6N2O4. The van der Waals surface area contributed by atoms with Crippen molar-refractivity contribution in [3.05, 3.63) is 17.7 Å². The van der Waals surface area contributed by atoms with Crippen LogP contribution in [-0.2, 0) is 7.05 Å². The maximum atomic E-state index is 10.4. The highest BCUT2D eigenvalue weighted by Crippen LogP contribution is 2.02. The number of hydrogen-bond donors (Lipinski definition) is 2. The SMILES string of the molecule is Cn1c(C(=O)O)cnc1C(=O)O. The quantitative estimate of drug-likeness (QED) is 0.642. The summed E-state index contributed by atoms with van der Waals surface area (Å²) in [6, 6.07) is 0. The molecule has 1 aromatic heterocycles. The molecule has 0 spiro atoms. The highest BCUT2D eigenvalue weighted by atomic mass is 16.4. The molecule has 0 unspecified atom stereocenters. The number of carboxylic acids is 2. The predicted octanol–water partition coefficient (Wildman–Crippen LogP) is -0.184. The molecule has 1 aromatic rings. The predicted molar refractivity (Wildman–Crippen MR) is 37.1 cm³/mol. The van der Waals surface area contributed by atoms with Gasteiger partial charge in [0.25, 0.3) is 0 Å². The van der Waals surface area contributed by atoms with Crippen LogP contribution in [0.1, 0.15) is 21.1 Å². The highest BCUT2D eigenvalue weighted by Gasteiger charge is 2.16. The van der Waals surface area contributed by atoms with E-state index in [2.05, 4.69) is 4.98 Å². The van der Waals surface area contributed by atoms with Crippen LogP contribution >= 0.6 is 0 Å². The van der Waals surface area contributed by atoms with Crippen molar-refractivity contribution in [2.24, 2.45) is 7.05 Å². The molecule has 0 saturated heterocycles. The number of imidazole rings is 1. The molecule has 0 saturated carbocycles. The van der Waals surface area contributed by atoms with Crippen molar-refractivity contribution < 1.29 is 19.8 Å². The van der Waals surface area contributed by atoms with E-state index < -0.39 is 11.9 Å². The second kappa shape index (κ2) is 2.65. The Morgan fingerprint density at radius 1 is 1.42 bits per heavy atom. The van der Waals surface area contributed by atoms with Crippen molar-refractivity contribution in [1.29, 1.82) is 0 Å². The Balaban J connectivity index is 3.22. The first kappa shape index (κ1) is 8.25. The van der Waals surface area contributed by atoms with Gasteiger partial charge in [0.15, 0.2) is 0 Å². The molecule has 6 heteroatoms. The van der Waals surface area contributed by atoms with E-state index in [9.17, 15) is 9.59 Å². The summed E-state index contributed by atoms with van der Waals surface area (Å²) in [7, 11) is 1.33. The molecule has 0 aliphatic rings. The average molecular weight is 170 g/mol. The van der Waals surface area contributed by atoms with Crippen molar-refractivity contribution in [2.75, 3.05) is 0 Å². The summed E-state index contributed by atoms with van der Waals surface area (Å²) in [5, 5.41) is 17.0. The van der Waals surface area contributed by atoms with Crippen molar-refractivity contribution >= 4 is 11.9 Å². The minimum Gasteiger partial charge on any atom is -0.477 e. The lowest BCUT2D eigenvalue weighted by Crippen LogP contribution is -2.10. The number of nitrogens with zero attached hydrogens (tertiary/aromatic N) is 2. The molecule has 0 radical (unpaired) electrons. The van der Waals surface area contributed by atoms with E-state index in [0.29, 0.717) is 0 Å². The van der Waals surface area contributed by atoms with Gasteiger partial charge in [0, 0.05) is 7.05 Å². The monoisotopic (exact) mass is 170 g/mol. The number of carbonyl (C=O) groups is 2. The van der Waals surface area contributed by atoms with Crippen LogP contribution in [0.5, 0.6) is 0 Å². The van der Waals surface area contributed by atoms with Gasteiger partial charge in [-0.15, -0.1) is 0 Å². The first-order valence-corrected chi connectivity index (χ1v) is 3.02. The average Bonchev–Trinajstić information content (AvgIpc) is 2.30. The zero-order chi connectivity index (χ0) is 9.30. The minimum absolute atomic E-state index is 0.146. The molecule has 1 rings (SSSR count). The topological polar surface area (TPSA) is 92.4 Å². The molecule has 64 valence electrons. The van der Waals surface area contributed by atoms with Crippen LogP contribution in [0.2, 0.25) is 0 Å². The summed E-state index contributed by atoms with van der Waals surface area (Å²) >= 11 is 0. The summed E-state index contributed by atoms with van der Waals surface area (Å²) in [6.07, 6.45) is 1.01. The fourth-order valence-corrected chi connectivity index (χ4v) is 0.807. The van der Waals surface area contributed by atoms with E-state index in [1.54, 1.807) is 0 Å². The molecule has 0 atom stereocenters. The lowest BCUT2D eigenvalue weighted by Gasteiger charge is -1.96. The Bertz CT molecular complexity index is 310. The van der Waals surface area contributed by atoms with Crippen molar-refractivity contribution in [1.82, 2.24) is 9.55 Å². The minimum atomic E-state index is -1.25. The van der Waals surface area contributed by atoms with Gasteiger partial charge in [-0.3, -0.25) is 0 Å². The van der Waals surface area contributed by atoms with Gasteiger partial charge in [-0.25, -0.2) is 14.6 Å². The van der Waals surface area contributed by atoms with Crippen molar-refractivity contribution in [3.8, 4) is 0 Å². The number of hydrogen-bond acceptors (Lipinski definition) is 3. The summed E-state index contributed by atoms with van der Waals surface area (Å²) in [6.45, 7) is 0. The Kier molecular flexibility index (Phi) is 1.82. The molecule has 2 N–H and O–H groups in total. The largest absolute Gasteiger partial charge is 0.477 e. The van der Waals surface area contributed by atoms with Crippen LogP contribution in [-0.4, -0.2) is 31.7 Å². The van der Waals surface area contributed by atoms with Crippen LogP contribution in [0.4, 0.5) is 0 Å². The lowest BCUT2D eigenvalue weighted by molar-refractivity contribution is 0.0676. The summed E-state index contributed by atoms with van der Waals surface area (Å²) in [5.74, 6) is -2.73. The van der Waals surface area contributed by atoms with E-state index in [1.807, 2.05) is 0 Å². The number of rotatable bonds is 2. The van der Waals surface area contributed by atoms with Gasteiger partial charge in [0.05, 0.1) is 6.20 Å². The van der Waals surface area contributed by atoms with Crippen LogP contribution in [0.25, 0.3) is 0 Å². The number of aromatic carboxylic acids is 2. The van der Waals surface area contributed by atoms with Crippen LogP contribution < -0.4 is 0 Å². The smallest absolute Gasteiger partial charge is 0.372 e. The van der Waals surface area contributed by atoms with E-state index in [-0.39, 0.29) is 11.5 Å². The zero-order valence-electron chi connectivity index (χ0n) is 6.18. The first-order chi connectivity index (χ1) is 5.54. The molecule has 0 aliphatic carbocycles. The van der Waals surface area contributed by atoms with E-state index in [1.165, 1.54) is 7.05 Å². The van der Waals surface area contributed by atoms with Gasteiger partial charge >= 0.3 is 11.9 Å². The Morgan fingerprint density at radius 2 is 2.00 bits per heavy atom. The summed E-state index contributed by atoms with van der Waals surface area (Å²) in [5.41, 5.74) is -0.146. The molecule has 0 aliphatic heterocycles. The summed E-state index contributed by atoms with van der Waals surface area (Å²) in [4.78, 5) is 24.2. The van der Waals surface area contributed by atoms with Gasteiger partial charge < -0.3 is 14.8 Å². The molecule has 0 aromatic carbocycles.